The van der Waals surface area contributed by atoms with Crippen LogP contribution in [-0.2, 0) is 24.6 Å². The summed E-state index contributed by atoms with van der Waals surface area (Å²) in [5.41, 5.74) is 0.775. The fourth-order valence-corrected chi connectivity index (χ4v) is 3.85. The predicted molar refractivity (Wildman–Crippen MR) is 122 cm³/mol. The first-order chi connectivity index (χ1) is 15.5. The molecule has 0 saturated carbocycles. The number of ether oxygens (including phenoxy) is 1. The molecule has 0 fully saturated rings. The predicted octanol–water partition coefficient (Wildman–Crippen LogP) is 6.07. The maximum absolute atomic E-state index is 12.9. The lowest BCUT2D eigenvalue weighted by molar-refractivity contribution is -0.137. The number of benzene rings is 2. The van der Waals surface area contributed by atoms with Crippen molar-refractivity contribution in [2.75, 3.05) is 11.1 Å². The number of alkyl halides is 3. The Hall–Kier alpha value is -2.43. The van der Waals surface area contributed by atoms with Crippen molar-refractivity contribution in [3.05, 3.63) is 62.9 Å². The topological polar surface area (TPSA) is 69.0 Å². The summed E-state index contributed by atoms with van der Waals surface area (Å²) in [7, 11) is 1.72. The van der Waals surface area contributed by atoms with Gasteiger partial charge in [0.15, 0.2) is 11.0 Å². The highest BCUT2D eigenvalue weighted by Gasteiger charge is 2.31. The van der Waals surface area contributed by atoms with Crippen LogP contribution in [0.1, 0.15) is 22.5 Å². The van der Waals surface area contributed by atoms with Crippen molar-refractivity contribution >= 4 is 46.6 Å². The maximum atomic E-state index is 12.9. The fourth-order valence-electron chi connectivity index (χ4n) is 2.85. The molecule has 1 heterocycles. The molecule has 0 saturated heterocycles. The Balaban J connectivity index is 1.59. The van der Waals surface area contributed by atoms with Gasteiger partial charge in [0, 0.05) is 12.1 Å². The lowest BCUT2D eigenvalue weighted by Crippen LogP contribution is -2.16. The fraction of sp³-hybridized carbons (Fsp3) is 0.286. The van der Waals surface area contributed by atoms with E-state index in [4.69, 9.17) is 27.9 Å². The minimum Gasteiger partial charge on any atom is -0.486 e. The van der Waals surface area contributed by atoms with Crippen molar-refractivity contribution in [2.24, 2.45) is 7.05 Å². The van der Waals surface area contributed by atoms with Crippen LogP contribution in [0.5, 0.6) is 5.75 Å². The number of rotatable bonds is 7. The van der Waals surface area contributed by atoms with Gasteiger partial charge in [0.1, 0.15) is 12.4 Å². The Labute approximate surface area is 202 Å². The van der Waals surface area contributed by atoms with Crippen molar-refractivity contribution < 1.29 is 22.7 Å². The number of halogens is 5. The zero-order chi connectivity index (χ0) is 24.3. The Morgan fingerprint density at radius 3 is 2.45 bits per heavy atom. The number of hydrogen-bond acceptors (Lipinski definition) is 5. The zero-order valence-corrected chi connectivity index (χ0v) is 20.1. The van der Waals surface area contributed by atoms with E-state index in [2.05, 4.69) is 15.5 Å². The number of anilines is 1. The van der Waals surface area contributed by atoms with Crippen molar-refractivity contribution in [3.8, 4) is 5.75 Å². The average molecular weight is 519 g/mol. The molecule has 0 unspecified atom stereocenters. The van der Waals surface area contributed by atoms with Gasteiger partial charge in [-0.25, -0.2) is 0 Å². The molecule has 0 aliphatic rings. The van der Waals surface area contributed by atoms with Gasteiger partial charge in [-0.2, -0.15) is 13.2 Å². The van der Waals surface area contributed by atoms with Gasteiger partial charge in [-0.15, -0.1) is 10.2 Å². The number of aryl methyl sites for hydroxylation is 2. The third-order valence-electron chi connectivity index (χ3n) is 4.60. The van der Waals surface area contributed by atoms with E-state index < -0.39 is 17.6 Å². The second-order valence-electron chi connectivity index (χ2n) is 7.15. The minimum absolute atomic E-state index is 0.00659. The van der Waals surface area contributed by atoms with Crippen molar-refractivity contribution in [2.45, 2.75) is 31.8 Å². The molecule has 0 bridgehead atoms. The summed E-state index contributed by atoms with van der Waals surface area (Å²) < 4.78 is 46.1. The van der Waals surface area contributed by atoms with Crippen molar-refractivity contribution in [3.63, 3.8) is 0 Å². The number of nitrogens with one attached hydrogen (secondary N) is 1. The quantitative estimate of drug-likeness (QED) is 0.384. The van der Waals surface area contributed by atoms with E-state index in [1.807, 2.05) is 26.0 Å². The van der Waals surface area contributed by atoms with E-state index in [1.54, 1.807) is 11.6 Å². The van der Waals surface area contributed by atoms with E-state index in [0.29, 0.717) is 21.8 Å². The van der Waals surface area contributed by atoms with E-state index in [1.165, 1.54) is 0 Å². The van der Waals surface area contributed by atoms with Gasteiger partial charge in [0.2, 0.25) is 5.91 Å². The van der Waals surface area contributed by atoms with Gasteiger partial charge in [-0.1, -0.05) is 35.0 Å². The van der Waals surface area contributed by atoms with Crippen molar-refractivity contribution in [1.82, 2.24) is 14.8 Å². The van der Waals surface area contributed by atoms with E-state index in [-0.39, 0.29) is 23.1 Å². The summed E-state index contributed by atoms with van der Waals surface area (Å²) in [5.74, 6) is 0.539. The SMILES string of the molecule is Cc1cc(OCc2nnc(SCC(=O)Nc3cc(C(F)(F)F)ccc3Cl)n2C)cc(C)c1Cl. The summed E-state index contributed by atoms with van der Waals surface area (Å²) in [5, 5.41) is 11.6. The van der Waals surface area contributed by atoms with Crippen LogP contribution in [0.4, 0.5) is 18.9 Å². The van der Waals surface area contributed by atoms with Gasteiger partial charge in [-0.05, 0) is 55.3 Å². The smallest absolute Gasteiger partial charge is 0.416 e. The second kappa shape index (κ2) is 10.2. The molecule has 176 valence electrons. The first-order valence-electron chi connectivity index (χ1n) is 9.53. The van der Waals surface area contributed by atoms with Crippen LogP contribution in [0.25, 0.3) is 0 Å². The average Bonchev–Trinajstić information content (AvgIpc) is 3.09. The highest BCUT2D eigenvalue weighted by Crippen LogP contribution is 2.34. The number of hydrogen-bond donors (Lipinski definition) is 1. The lowest BCUT2D eigenvalue weighted by Gasteiger charge is -2.11. The van der Waals surface area contributed by atoms with Crippen LogP contribution in [-0.4, -0.2) is 26.4 Å². The number of amides is 1. The van der Waals surface area contributed by atoms with Crippen LogP contribution in [0.2, 0.25) is 10.0 Å². The number of carbonyl (C=O) groups is 1. The molecule has 3 rings (SSSR count). The largest absolute Gasteiger partial charge is 0.486 e. The Morgan fingerprint density at radius 2 is 1.82 bits per heavy atom. The molecule has 0 radical (unpaired) electrons. The molecule has 0 aliphatic heterocycles. The Kier molecular flexibility index (Phi) is 7.81. The summed E-state index contributed by atoms with van der Waals surface area (Å²) in [6.07, 6.45) is -4.54. The van der Waals surface area contributed by atoms with Gasteiger partial charge in [-0.3, -0.25) is 4.79 Å². The third-order valence-corrected chi connectivity index (χ3v) is 6.55. The molecule has 1 aromatic heterocycles. The Bertz CT molecular complexity index is 1160. The molecular formula is C21H19Cl2F3N4O2S. The standard InChI is InChI=1S/C21H19Cl2F3N4O2S/c1-11-6-14(7-12(2)19(11)23)32-9-17-28-29-20(30(17)3)33-10-18(31)27-16-8-13(21(24,25)26)4-5-15(16)22/h4-8H,9-10H2,1-3H3,(H,27,31). The second-order valence-corrected chi connectivity index (χ2v) is 8.87. The minimum atomic E-state index is -4.54. The highest BCUT2D eigenvalue weighted by molar-refractivity contribution is 7.99. The lowest BCUT2D eigenvalue weighted by atomic mass is 10.1. The summed E-state index contributed by atoms with van der Waals surface area (Å²) in [4.78, 5) is 12.3. The van der Waals surface area contributed by atoms with Gasteiger partial charge in [0.25, 0.3) is 0 Å². The van der Waals surface area contributed by atoms with Gasteiger partial charge < -0.3 is 14.6 Å². The first kappa shape index (κ1) is 25.2. The molecule has 0 aliphatic carbocycles. The summed E-state index contributed by atoms with van der Waals surface area (Å²) in [6, 6.07) is 6.38. The van der Waals surface area contributed by atoms with Crippen LogP contribution in [0, 0.1) is 13.8 Å². The van der Waals surface area contributed by atoms with E-state index in [0.717, 1.165) is 41.1 Å². The molecule has 1 N–H and O–H groups in total. The van der Waals surface area contributed by atoms with Gasteiger partial charge >= 0.3 is 6.18 Å². The summed E-state index contributed by atoms with van der Waals surface area (Å²) in [6.45, 7) is 3.92. The molecule has 33 heavy (non-hydrogen) atoms. The van der Waals surface area contributed by atoms with E-state index in [9.17, 15) is 18.0 Å². The number of thioether (sulfide) groups is 1. The molecule has 0 atom stereocenters. The Morgan fingerprint density at radius 1 is 1.15 bits per heavy atom. The normalized spacial score (nSPS) is 11.5. The molecular weight excluding hydrogens is 500 g/mol. The highest BCUT2D eigenvalue weighted by atomic mass is 35.5. The number of nitrogens with zero attached hydrogens (tertiary/aromatic N) is 3. The molecule has 1 amide bonds. The van der Waals surface area contributed by atoms with Crippen LogP contribution in [0.15, 0.2) is 35.5 Å². The molecule has 2 aromatic carbocycles. The number of aromatic nitrogens is 3. The zero-order valence-electron chi connectivity index (χ0n) is 17.8. The molecule has 3 aromatic rings. The van der Waals surface area contributed by atoms with Crippen LogP contribution >= 0.6 is 35.0 Å². The maximum Gasteiger partial charge on any atom is 0.416 e. The first-order valence-corrected chi connectivity index (χ1v) is 11.3. The monoisotopic (exact) mass is 518 g/mol. The summed E-state index contributed by atoms with van der Waals surface area (Å²) >= 11 is 13.2. The molecule has 12 heteroatoms. The third kappa shape index (κ3) is 6.33. The number of carbonyl (C=O) groups excluding carboxylic acids is 1. The van der Waals surface area contributed by atoms with E-state index >= 15 is 0 Å². The van der Waals surface area contributed by atoms with Gasteiger partial charge in [0.05, 0.1) is 22.0 Å². The molecule has 0 spiro atoms. The van der Waals surface area contributed by atoms with Crippen LogP contribution < -0.4 is 10.1 Å². The molecule has 6 nitrogen and oxygen atoms in total. The van der Waals surface area contributed by atoms with Crippen LogP contribution in [0.3, 0.4) is 0 Å². The van der Waals surface area contributed by atoms with Crippen molar-refractivity contribution in [1.29, 1.82) is 0 Å².